The number of hydrogen-bond donors (Lipinski definition) is 1. The summed E-state index contributed by atoms with van der Waals surface area (Å²) in [6.45, 7) is 0.306. The smallest absolute Gasteiger partial charge is 0.194 e. The van der Waals surface area contributed by atoms with Gasteiger partial charge in [0.25, 0.3) is 0 Å². The minimum atomic E-state index is -0.125. The second-order valence-corrected chi connectivity index (χ2v) is 5.94. The summed E-state index contributed by atoms with van der Waals surface area (Å²) in [5, 5.41) is 0. The standard InChI is InChI=1S/C21H15NO3/c22-14-6-8-15(9-7-14)25-12-13-5-10-18-19(11-13)21(24)17-4-2-1-3-16(17)20(18)23/h1-11H,12,22H2. The number of anilines is 1. The van der Waals surface area contributed by atoms with Gasteiger partial charge < -0.3 is 10.5 Å². The molecule has 3 aromatic carbocycles. The zero-order chi connectivity index (χ0) is 17.4. The van der Waals surface area contributed by atoms with Crippen molar-refractivity contribution < 1.29 is 14.3 Å². The molecule has 0 unspecified atom stereocenters. The Labute approximate surface area is 144 Å². The molecule has 0 saturated heterocycles. The molecule has 0 aromatic heterocycles. The Hall–Kier alpha value is -3.40. The molecule has 0 spiro atoms. The summed E-state index contributed by atoms with van der Waals surface area (Å²) in [4.78, 5) is 25.3. The van der Waals surface area contributed by atoms with Crippen LogP contribution in [0.1, 0.15) is 37.4 Å². The molecular weight excluding hydrogens is 314 g/mol. The van der Waals surface area contributed by atoms with Gasteiger partial charge in [0, 0.05) is 27.9 Å². The largest absolute Gasteiger partial charge is 0.489 e. The Morgan fingerprint density at radius 1 is 0.720 bits per heavy atom. The quantitative estimate of drug-likeness (QED) is 0.583. The average molecular weight is 329 g/mol. The summed E-state index contributed by atoms with van der Waals surface area (Å²) in [6, 6.07) is 19.3. The van der Waals surface area contributed by atoms with Crippen LogP contribution in [-0.4, -0.2) is 11.6 Å². The molecule has 4 nitrogen and oxygen atoms in total. The van der Waals surface area contributed by atoms with Gasteiger partial charge in [0.1, 0.15) is 12.4 Å². The fourth-order valence-electron chi connectivity index (χ4n) is 2.97. The van der Waals surface area contributed by atoms with Gasteiger partial charge in [-0.2, -0.15) is 0 Å². The highest BCUT2D eigenvalue weighted by molar-refractivity contribution is 6.28. The number of nitrogens with two attached hydrogens (primary N) is 1. The normalized spacial score (nSPS) is 12.5. The van der Waals surface area contributed by atoms with E-state index in [4.69, 9.17) is 10.5 Å². The van der Waals surface area contributed by atoms with Crippen molar-refractivity contribution in [3.63, 3.8) is 0 Å². The summed E-state index contributed by atoms with van der Waals surface area (Å²) in [6.07, 6.45) is 0. The van der Waals surface area contributed by atoms with Gasteiger partial charge in [-0.05, 0) is 42.0 Å². The van der Waals surface area contributed by atoms with E-state index in [1.54, 1.807) is 60.7 Å². The Balaban J connectivity index is 1.62. The number of ketones is 2. The lowest BCUT2D eigenvalue weighted by Gasteiger charge is -2.18. The van der Waals surface area contributed by atoms with E-state index in [2.05, 4.69) is 0 Å². The van der Waals surface area contributed by atoms with Gasteiger partial charge >= 0.3 is 0 Å². The predicted octanol–water partition coefficient (Wildman–Crippen LogP) is 3.62. The van der Waals surface area contributed by atoms with Gasteiger partial charge in [-0.15, -0.1) is 0 Å². The van der Waals surface area contributed by atoms with Crippen molar-refractivity contribution in [3.8, 4) is 5.75 Å². The Morgan fingerprint density at radius 3 is 2.00 bits per heavy atom. The minimum Gasteiger partial charge on any atom is -0.489 e. The van der Waals surface area contributed by atoms with E-state index in [1.165, 1.54) is 0 Å². The molecule has 0 aliphatic heterocycles. The maximum absolute atomic E-state index is 12.7. The van der Waals surface area contributed by atoms with Crippen molar-refractivity contribution >= 4 is 17.3 Å². The topological polar surface area (TPSA) is 69.4 Å². The number of carbonyl (C=O) groups excluding carboxylic acids is 2. The molecule has 3 aromatic rings. The molecule has 0 heterocycles. The second-order valence-electron chi connectivity index (χ2n) is 5.94. The number of ether oxygens (including phenoxy) is 1. The third kappa shape index (κ3) is 2.68. The average Bonchev–Trinajstić information content (AvgIpc) is 2.65. The molecule has 25 heavy (non-hydrogen) atoms. The molecule has 0 radical (unpaired) electrons. The molecule has 0 bridgehead atoms. The Kier molecular flexibility index (Phi) is 3.58. The van der Waals surface area contributed by atoms with Crippen LogP contribution in [0, 0.1) is 0 Å². The van der Waals surface area contributed by atoms with Crippen molar-refractivity contribution in [3.05, 3.63) is 94.5 Å². The van der Waals surface area contributed by atoms with Crippen LogP contribution in [0.4, 0.5) is 5.69 Å². The van der Waals surface area contributed by atoms with Crippen LogP contribution in [0.15, 0.2) is 66.7 Å². The number of rotatable bonds is 3. The zero-order valence-electron chi connectivity index (χ0n) is 13.4. The van der Waals surface area contributed by atoms with Gasteiger partial charge in [0.2, 0.25) is 0 Å². The van der Waals surface area contributed by atoms with Gasteiger partial charge in [-0.3, -0.25) is 9.59 Å². The summed E-state index contributed by atoms with van der Waals surface area (Å²) in [5.41, 5.74) is 8.95. The number of fused-ring (bicyclic) bond motifs is 2. The van der Waals surface area contributed by atoms with E-state index < -0.39 is 0 Å². The first kappa shape index (κ1) is 15.1. The molecule has 0 amide bonds. The molecular formula is C21H15NO3. The maximum Gasteiger partial charge on any atom is 0.194 e. The van der Waals surface area contributed by atoms with Gasteiger partial charge in [-0.1, -0.05) is 30.3 Å². The van der Waals surface area contributed by atoms with E-state index in [-0.39, 0.29) is 11.6 Å². The molecule has 1 aliphatic rings. The SMILES string of the molecule is Nc1ccc(OCc2ccc3c(c2)C(=O)c2ccccc2C3=O)cc1. The number of carbonyl (C=O) groups is 2. The number of benzene rings is 3. The first-order chi connectivity index (χ1) is 12.1. The van der Waals surface area contributed by atoms with Crippen LogP contribution in [0.5, 0.6) is 5.75 Å². The highest BCUT2D eigenvalue weighted by Crippen LogP contribution is 2.28. The fourth-order valence-corrected chi connectivity index (χ4v) is 2.97. The molecule has 4 rings (SSSR count). The van der Waals surface area contributed by atoms with Crippen LogP contribution in [0.25, 0.3) is 0 Å². The zero-order valence-corrected chi connectivity index (χ0v) is 13.4. The molecule has 2 N–H and O–H groups in total. The van der Waals surface area contributed by atoms with Crippen molar-refractivity contribution in [2.75, 3.05) is 5.73 Å². The van der Waals surface area contributed by atoms with E-state index >= 15 is 0 Å². The van der Waals surface area contributed by atoms with E-state index in [0.29, 0.717) is 40.3 Å². The monoisotopic (exact) mass is 329 g/mol. The van der Waals surface area contributed by atoms with Crippen LogP contribution >= 0.6 is 0 Å². The number of hydrogen-bond acceptors (Lipinski definition) is 4. The third-order valence-electron chi connectivity index (χ3n) is 4.28. The maximum atomic E-state index is 12.7. The summed E-state index contributed by atoms with van der Waals surface area (Å²) < 4.78 is 5.72. The first-order valence-electron chi connectivity index (χ1n) is 7.93. The summed E-state index contributed by atoms with van der Waals surface area (Å²) in [7, 11) is 0. The lowest BCUT2D eigenvalue weighted by Crippen LogP contribution is -2.21. The number of nitrogen functional groups attached to an aromatic ring is 1. The van der Waals surface area contributed by atoms with Crippen LogP contribution < -0.4 is 10.5 Å². The van der Waals surface area contributed by atoms with E-state index in [1.807, 2.05) is 6.07 Å². The Morgan fingerprint density at radius 2 is 1.32 bits per heavy atom. The molecule has 0 fully saturated rings. The van der Waals surface area contributed by atoms with Crippen LogP contribution in [-0.2, 0) is 6.61 Å². The van der Waals surface area contributed by atoms with Gasteiger partial charge in [-0.25, -0.2) is 0 Å². The van der Waals surface area contributed by atoms with Crippen molar-refractivity contribution in [2.24, 2.45) is 0 Å². The van der Waals surface area contributed by atoms with Crippen LogP contribution in [0.2, 0.25) is 0 Å². The van der Waals surface area contributed by atoms with Crippen molar-refractivity contribution in [1.82, 2.24) is 0 Å². The second kappa shape index (κ2) is 5.91. The highest BCUT2D eigenvalue weighted by Gasteiger charge is 2.29. The van der Waals surface area contributed by atoms with E-state index in [0.717, 1.165) is 5.56 Å². The summed E-state index contributed by atoms with van der Waals surface area (Å²) in [5.74, 6) is 0.454. The van der Waals surface area contributed by atoms with Crippen molar-refractivity contribution in [2.45, 2.75) is 6.61 Å². The van der Waals surface area contributed by atoms with E-state index in [9.17, 15) is 9.59 Å². The molecule has 0 atom stereocenters. The van der Waals surface area contributed by atoms with Gasteiger partial charge in [0.05, 0.1) is 0 Å². The highest BCUT2D eigenvalue weighted by atomic mass is 16.5. The Bertz CT molecular complexity index is 990. The molecule has 0 saturated carbocycles. The first-order valence-corrected chi connectivity index (χ1v) is 7.93. The minimum absolute atomic E-state index is 0.115. The van der Waals surface area contributed by atoms with Crippen molar-refractivity contribution in [1.29, 1.82) is 0 Å². The fraction of sp³-hybridized carbons (Fsp3) is 0.0476. The predicted molar refractivity (Wildman–Crippen MR) is 94.9 cm³/mol. The summed E-state index contributed by atoms with van der Waals surface area (Å²) >= 11 is 0. The molecule has 4 heteroatoms. The van der Waals surface area contributed by atoms with Crippen LogP contribution in [0.3, 0.4) is 0 Å². The van der Waals surface area contributed by atoms with Gasteiger partial charge in [0.15, 0.2) is 11.6 Å². The molecule has 122 valence electrons. The lowest BCUT2D eigenvalue weighted by molar-refractivity contribution is 0.0979. The third-order valence-corrected chi connectivity index (χ3v) is 4.28. The lowest BCUT2D eigenvalue weighted by atomic mass is 9.83. The molecule has 1 aliphatic carbocycles.